The molecule has 5 rings (SSSR count). The number of nitrogens with one attached hydrogen (secondary N) is 1. The van der Waals surface area contributed by atoms with Crippen molar-refractivity contribution in [2.45, 2.75) is 31.8 Å². The molecular formula is C25H25FN4O4. The van der Waals surface area contributed by atoms with Gasteiger partial charge < -0.3 is 9.80 Å². The Morgan fingerprint density at radius 1 is 1.12 bits per heavy atom. The van der Waals surface area contributed by atoms with Crippen molar-refractivity contribution >= 4 is 22.7 Å². The summed E-state index contributed by atoms with van der Waals surface area (Å²) in [6.07, 6.45) is 2.52. The fraction of sp³-hybridized carbons (Fsp3) is 0.360. The molecule has 34 heavy (non-hydrogen) atoms. The van der Waals surface area contributed by atoms with E-state index in [1.165, 1.54) is 27.7 Å². The van der Waals surface area contributed by atoms with Crippen LogP contribution in [0.3, 0.4) is 0 Å². The lowest BCUT2D eigenvalue weighted by Crippen LogP contribution is -2.40. The van der Waals surface area contributed by atoms with Gasteiger partial charge in [-0.15, -0.1) is 0 Å². The van der Waals surface area contributed by atoms with E-state index in [2.05, 4.69) is 4.98 Å². The van der Waals surface area contributed by atoms with Crippen molar-refractivity contribution in [2.24, 2.45) is 5.92 Å². The second-order valence-corrected chi connectivity index (χ2v) is 9.09. The molecule has 1 aliphatic carbocycles. The zero-order valence-electron chi connectivity index (χ0n) is 18.8. The topological polar surface area (TPSA) is 95.5 Å². The molecule has 1 saturated heterocycles. The van der Waals surface area contributed by atoms with Gasteiger partial charge in [0, 0.05) is 26.1 Å². The Labute approximate surface area is 194 Å². The first-order valence-corrected chi connectivity index (χ1v) is 11.4. The number of amides is 2. The van der Waals surface area contributed by atoms with Crippen LogP contribution in [0.1, 0.15) is 35.2 Å². The number of likely N-dealkylation sites (tertiary alicyclic amines) is 1. The Bertz CT molecular complexity index is 1410. The van der Waals surface area contributed by atoms with Crippen LogP contribution in [0.15, 0.2) is 52.1 Å². The van der Waals surface area contributed by atoms with E-state index in [0.29, 0.717) is 36.0 Å². The van der Waals surface area contributed by atoms with Crippen LogP contribution in [0.4, 0.5) is 4.39 Å². The quantitative estimate of drug-likeness (QED) is 0.625. The number of para-hydroxylation sites is 1. The summed E-state index contributed by atoms with van der Waals surface area (Å²) in [5, 5.41) is 0.367. The smallest absolute Gasteiger partial charge is 0.329 e. The van der Waals surface area contributed by atoms with Gasteiger partial charge in [-0.3, -0.25) is 23.9 Å². The largest absolute Gasteiger partial charge is 0.340 e. The van der Waals surface area contributed by atoms with Crippen LogP contribution < -0.4 is 11.2 Å². The standard InChI is InChI=1S/C25H25FN4O4/c1-28(17-10-11-29(14-17)23(32)16-7-8-16)24(33)19-12-15(6-9-20(19)26)13-30-21-5-3-2-4-18(21)22(31)27-25(30)34/h2-6,9,12,16-17H,7-8,10-11,13-14H2,1H3,(H,27,31,34). The number of fused-ring (bicyclic) bond motifs is 1. The lowest BCUT2D eigenvalue weighted by atomic mass is 10.1. The van der Waals surface area contributed by atoms with Crippen LogP contribution in [0.2, 0.25) is 0 Å². The van der Waals surface area contributed by atoms with Gasteiger partial charge in [-0.05, 0) is 49.1 Å². The third-order valence-corrected chi connectivity index (χ3v) is 6.78. The minimum absolute atomic E-state index is 0.0630. The number of likely N-dealkylation sites (N-methyl/N-ethyl adjacent to an activating group) is 1. The predicted molar refractivity (Wildman–Crippen MR) is 124 cm³/mol. The molecule has 1 aliphatic heterocycles. The van der Waals surface area contributed by atoms with E-state index >= 15 is 0 Å². The van der Waals surface area contributed by atoms with Gasteiger partial charge in [0.2, 0.25) is 5.91 Å². The molecule has 2 aromatic carbocycles. The molecule has 0 spiro atoms. The summed E-state index contributed by atoms with van der Waals surface area (Å²) >= 11 is 0. The number of benzene rings is 2. The molecule has 2 amide bonds. The van der Waals surface area contributed by atoms with Crippen molar-refractivity contribution in [1.29, 1.82) is 0 Å². The summed E-state index contributed by atoms with van der Waals surface area (Å²) in [5.74, 6) is -0.844. The third kappa shape index (κ3) is 4.02. The summed E-state index contributed by atoms with van der Waals surface area (Å²) in [6.45, 7) is 1.12. The van der Waals surface area contributed by atoms with Gasteiger partial charge in [-0.2, -0.15) is 0 Å². The molecule has 176 valence electrons. The molecule has 1 unspecified atom stereocenters. The average molecular weight is 464 g/mol. The molecule has 0 radical (unpaired) electrons. The van der Waals surface area contributed by atoms with Crippen LogP contribution in [0, 0.1) is 11.7 Å². The Balaban J connectivity index is 1.39. The number of H-pyrrole nitrogens is 1. The Morgan fingerprint density at radius 2 is 1.88 bits per heavy atom. The number of rotatable bonds is 5. The van der Waals surface area contributed by atoms with Gasteiger partial charge in [0.05, 0.1) is 29.1 Å². The van der Waals surface area contributed by atoms with Gasteiger partial charge in [0.1, 0.15) is 5.82 Å². The van der Waals surface area contributed by atoms with E-state index < -0.39 is 23.0 Å². The second kappa shape index (κ2) is 8.55. The fourth-order valence-corrected chi connectivity index (χ4v) is 4.62. The molecule has 2 fully saturated rings. The zero-order chi connectivity index (χ0) is 24.0. The highest BCUT2D eigenvalue weighted by Crippen LogP contribution is 2.32. The predicted octanol–water partition coefficient (Wildman–Crippen LogP) is 1.96. The van der Waals surface area contributed by atoms with Crippen LogP contribution in [0.5, 0.6) is 0 Å². The Kier molecular flexibility index (Phi) is 5.55. The molecule has 2 aliphatic rings. The minimum atomic E-state index is -0.650. The van der Waals surface area contributed by atoms with Crippen molar-refractivity contribution in [3.63, 3.8) is 0 Å². The zero-order valence-corrected chi connectivity index (χ0v) is 18.8. The number of nitrogens with zero attached hydrogens (tertiary/aromatic N) is 3. The van der Waals surface area contributed by atoms with Crippen molar-refractivity contribution in [1.82, 2.24) is 19.4 Å². The molecule has 8 nitrogen and oxygen atoms in total. The first-order valence-electron chi connectivity index (χ1n) is 11.4. The summed E-state index contributed by atoms with van der Waals surface area (Å²) in [6, 6.07) is 10.7. The molecule has 2 heterocycles. The monoisotopic (exact) mass is 464 g/mol. The van der Waals surface area contributed by atoms with Crippen LogP contribution >= 0.6 is 0 Å². The fourth-order valence-electron chi connectivity index (χ4n) is 4.62. The number of hydrogen-bond donors (Lipinski definition) is 1. The minimum Gasteiger partial charge on any atom is -0.340 e. The molecule has 1 atom stereocenters. The van der Waals surface area contributed by atoms with Crippen molar-refractivity contribution < 1.29 is 14.0 Å². The first-order chi connectivity index (χ1) is 16.3. The van der Waals surface area contributed by atoms with Crippen LogP contribution in [-0.4, -0.2) is 57.3 Å². The van der Waals surface area contributed by atoms with Gasteiger partial charge in [0.25, 0.3) is 11.5 Å². The maximum atomic E-state index is 14.7. The average Bonchev–Trinajstić information content (AvgIpc) is 3.57. The molecule has 3 aromatic rings. The molecule has 9 heteroatoms. The van der Waals surface area contributed by atoms with Gasteiger partial charge in [-0.1, -0.05) is 18.2 Å². The Morgan fingerprint density at radius 3 is 2.65 bits per heavy atom. The van der Waals surface area contributed by atoms with E-state index in [9.17, 15) is 23.6 Å². The normalized spacial score (nSPS) is 17.8. The molecular weight excluding hydrogens is 439 g/mol. The van der Waals surface area contributed by atoms with Crippen molar-refractivity contribution in [3.8, 4) is 0 Å². The van der Waals surface area contributed by atoms with E-state index in [1.807, 2.05) is 0 Å². The van der Waals surface area contributed by atoms with Gasteiger partial charge in [0.15, 0.2) is 0 Å². The molecule has 1 aromatic heterocycles. The lowest BCUT2D eigenvalue weighted by molar-refractivity contribution is -0.131. The Hall–Kier alpha value is -3.75. The van der Waals surface area contributed by atoms with Crippen molar-refractivity contribution in [3.05, 3.63) is 80.2 Å². The SMILES string of the molecule is CN(C(=O)c1cc(Cn2c(=O)[nH]c(=O)c3ccccc32)ccc1F)C1CCN(C(=O)C2CC2)C1. The highest BCUT2D eigenvalue weighted by molar-refractivity contribution is 5.95. The maximum Gasteiger partial charge on any atom is 0.329 e. The maximum absolute atomic E-state index is 14.7. The molecule has 1 N–H and O–H groups in total. The summed E-state index contributed by atoms with van der Waals surface area (Å²) in [5.41, 5.74) is -0.135. The third-order valence-electron chi connectivity index (χ3n) is 6.78. The van der Waals surface area contributed by atoms with E-state index in [0.717, 1.165) is 12.8 Å². The number of carbonyl (C=O) groups excluding carboxylic acids is 2. The number of hydrogen-bond acceptors (Lipinski definition) is 4. The number of halogens is 1. The van der Waals surface area contributed by atoms with E-state index in [4.69, 9.17) is 0 Å². The molecule has 1 saturated carbocycles. The lowest BCUT2D eigenvalue weighted by Gasteiger charge is -2.25. The van der Waals surface area contributed by atoms with Crippen LogP contribution in [0.25, 0.3) is 10.9 Å². The van der Waals surface area contributed by atoms with Crippen LogP contribution in [-0.2, 0) is 11.3 Å². The first kappa shape index (κ1) is 22.1. The van der Waals surface area contributed by atoms with Crippen molar-refractivity contribution in [2.75, 3.05) is 20.1 Å². The number of aromatic nitrogens is 2. The second-order valence-electron chi connectivity index (χ2n) is 9.09. The van der Waals surface area contributed by atoms with E-state index in [-0.39, 0.29) is 30.0 Å². The summed E-state index contributed by atoms with van der Waals surface area (Å²) in [4.78, 5) is 55.7. The van der Waals surface area contributed by atoms with Gasteiger partial charge in [-0.25, -0.2) is 9.18 Å². The highest BCUT2D eigenvalue weighted by Gasteiger charge is 2.38. The summed E-state index contributed by atoms with van der Waals surface area (Å²) in [7, 11) is 1.63. The molecule has 0 bridgehead atoms. The van der Waals surface area contributed by atoms with Gasteiger partial charge >= 0.3 is 5.69 Å². The number of aromatic amines is 1. The number of carbonyl (C=O) groups is 2. The highest BCUT2D eigenvalue weighted by atomic mass is 19.1. The van der Waals surface area contributed by atoms with E-state index in [1.54, 1.807) is 36.2 Å². The summed E-state index contributed by atoms with van der Waals surface area (Å²) < 4.78 is 16.1.